The van der Waals surface area contributed by atoms with Crippen LogP contribution in [-0.2, 0) is 11.2 Å². The van der Waals surface area contributed by atoms with Crippen LogP contribution in [0.15, 0.2) is 36.4 Å². The molecule has 126 valence electrons. The number of phenolic OH excluding ortho intramolecular Hbond substituents is 1. The van der Waals surface area contributed by atoms with Crippen LogP contribution in [0, 0.1) is 0 Å². The van der Waals surface area contributed by atoms with Gasteiger partial charge in [0, 0.05) is 6.07 Å². The van der Waals surface area contributed by atoms with E-state index in [-0.39, 0.29) is 11.7 Å². The monoisotopic (exact) mass is 329 g/mol. The van der Waals surface area contributed by atoms with Crippen molar-refractivity contribution < 1.29 is 24.1 Å². The van der Waals surface area contributed by atoms with Crippen LogP contribution in [0.25, 0.3) is 0 Å². The van der Waals surface area contributed by atoms with Gasteiger partial charge in [0.05, 0.1) is 19.9 Å². The molecule has 2 N–H and O–H groups in total. The van der Waals surface area contributed by atoms with Gasteiger partial charge in [-0.25, -0.2) is 0 Å². The van der Waals surface area contributed by atoms with Gasteiger partial charge < -0.3 is 24.6 Å². The molecule has 0 radical (unpaired) electrons. The lowest BCUT2D eigenvalue weighted by Crippen LogP contribution is -2.35. The molecule has 1 aliphatic rings. The molecule has 24 heavy (non-hydrogen) atoms. The summed E-state index contributed by atoms with van der Waals surface area (Å²) < 4.78 is 16.1. The van der Waals surface area contributed by atoms with Crippen molar-refractivity contribution in [3.63, 3.8) is 0 Å². The first-order valence-electron chi connectivity index (χ1n) is 7.62. The Kier molecular flexibility index (Phi) is 4.46. The second kappa shape index (κ2) is 6.70. The van der Waals surface area contributed by atoms with Gasteiger partial charge in [0.25, 0.3) is 5.91 Å². The quantitative estimate of drug-likeness (QED) is 0.902. The molecule has 3 rings (SSSR count). The van der Waals surface area contributed by atoms with Crippen LogP contribution in [0.3, 0.4) is 0 Å². The number of aromatic hydroxyl groups is 1. The molecule has 0 aliphatic carbocycles. The minimum Gasteiger partial charge on any atom is -0.504 e. The number of hydrogen-bond acceptors (Lipinski definition) is 5. The minimum absolute atomic E-state index is 0.0665. The summed E-state index contributed by atoms with van der Waals surface area (Å²) >= 11 is 0. The Morgan fingerprint density at radius 1 is 1.21 bits per heavy atom. The molecule has 1 heterocycles. The highest BCUT2D eigenvalue weighted by atomic mass is 16.5. The van der Waals surface area contributed by atoms with E-state index in [1.165, 1.54) is 7.11 Å². The lowest BCUT2D eigenvalue weighted by molar-refractivity contribution is -0.123. The van der Waals surface area contributed by atoms with E-state index in [9.17, 15) is 9.90 Å². The second-order valence-corrected chi connectivity index (χ2v) is 5.47. The number of nitrogens with one attached hydrogen (secondary N) is 1. The fourth-order valence-electron chi connectivity index (χ4n) is 2.71. The maximum atomic E-state index is 12.5. The standard InChI is InChI=1S/C18H19NO5/c1-22-14-6-4-3-5-12(14)19-18(21)15-8-7-11-9-13(20)17(23-2)10-16(11)24-15/h3-6,9-10,15,20H,7-8H2,1-2H3,(H,19,21). The third-order valence-corrected chi connectivity index (χ3v) is 3.96. The van der Waals surface area contributed by atoms with E-state index >= 15 is 0 Å². The Morgan fingerprint density at radius 2 is 1.96 bits per heavy atom. The predicted molar refractivity (Wildman–Crippen MR) is 89.0 cm³/mol. The zero-order valence-electron chi connectivity index (χ0n) is 13.5. The first-order chi connectivity index (χ1) is 11.6. The Bertz CT molecular complexity index is 759. The molecule has 1 amide bonds. The first-order valence-corrected chi connectivity index (χ1v) is 7.62. The van der Waals surface area contributed by atoms with Gasteiger partial charge in [0.2, 0.25) is 0 Å². The summed E-state index contributed by atoms with van der Waals surface area (Å²) in [5, 5.41) is 12.7. The third kappa shape index (κ3) is 3.08. The number of aryl methyl sites for hydroxylation is 1. The SMILES string of the molecule is COc1cc2c(cc1O)CCC(C(=O)Nc1ccccc1OC)O2. The molecule has 0 saturated heterocycles. The number of carbonyl (C=O) groups excluding carboxylic acids is 1. The molecule has 1 atom stereocenters. The van der Waals surface area contributed by atoms with Crippen molar-refractivity contribution >= 4 is 11.6 Å². The number of rotatable bonds is 4. The maximum Gasteiger partial charge on any atom is 0.265 e. The van der Waals surface area contributed by atoms with Crippen LogP contribution >= 0.6 is 0 Å². The van der Waals surface area contributed by atoms with Crippen molar-refractivity contribution in [2.45, 2.75) is 18.9 Å². The van der Waals surface area contributed by atoms with Crippen molar-refractivity contribution in [1.29, 1.82) is 0 Å². The maximum absolute atomic E-state index is 12.5. The summed E-state index contributed by atoms with van der Waals surface area (Å²) in [6.07, 6.45) is 0.549. The summed E-state index contributed by atoms with van der Waals surface area (Å²) in [4.78, 5) is 12.5. The van der Waals surface area contributed by atoms with Gasteiger partial charge in [0.1, 0.15) is 11.5 Å². The van der Waals surface area contributed by atoms with E-state index in [4.69, 9.17) is 14.2 Å². The molecule has 0 bridgehead atoms. The molecular formula is C18H19NO5. The van der Waals surface area contributed by atoms with Crippen molar-refractivity contribution in [1.82, 2.24) is 0 Å². The van der Waals surface area contributed by atoms with Gasteiger partial charge in [-0.15, -0.1) is 0 Å². The van der Waals surface area contributed by atoms with Crippen molar-refractivity contribution in [3.8, 4) is 23.0 Å². The summed E-state index contributed by atoms with van der Waals surface area (Å²) in [6.45, 7) is 0. The number of phenols is 1. The molecule has 1 unspecified atom stereocenters. The summed E-state index contributed by atoms with van der Waals surface area (Å²) in [5.74, 6) is 1.29. The number of ether oxygens (including phenoxy) is 3. The average molecular weight is 329 g/mol. The molecule has 2 aromatic rings. The largest absolute Gasteiger partial charge is 0.504 e. The predicted octanol–water partition coefficient (Wildman–Crippen LogP) is 2.74. The zero-order valence-corrected chi connectivity index (χ0v) is 13.5. The summed E-state index contributed by atoms with van der Waals surface area (Å²) in [7, 11) is 3.02. The lowest BCUT2D eigenvalue weighted by atomic mass is 10.0. The van der Waals surface area contributed by atoms with Crippen LogP contribution in [0.1, 0.15) is 12.0 Å². The highest BCUT2D eigenvalue weighted by Crippen LogP contribution is 2.37. The topological polar surface area (TPSA) is 77.0 Å². The van der Waals surface area contributed by atoms with Crippen LogP contribution in [0.2, 0.25) is 0 Å². The van der Waals surface area contributed by atoms with Crippen molar-refractivity contribution in [2.75, 3.05) is 19.5 Å². The number of anilines is 1. The molecule has 0 spiro atoms. The summed E-state index contributed by atoms with van der Waals surface area (Å²) in [6, 6.07) is 10.4. The highest BCUT2D eigenvalue weighted by molar-refractivity contribution is 5.95. The zero-order chi connectivity index (χ0) is 17.1. The van der Waals surface area contributed by atoms with Gasteiger partial charge in [-0.3, -0.25) is 4.79 Å². The van der Waals surface area contributed by atoms with Gasteiger partial charge in [0.15, 0.2) is 17.6 Å². The Balaban J connectivity index is 1.76. The molecule has 0 saturated carbocycles. The molecule has 6 heteroatoms. The van der Waals surface area contributed by atoms with E-state index < -0.39 is 6.10 Å². The smallest absolute Gasteiger partial charge is 0.265 e. The van der Waals surface area contributed by atoms with Gasteiger partial charge >= 0.3 is 0 Å². The third-order valence-electron chi connectivity index (χ3n) is 3.96. The minimum atomic E-state index is -0.614. The van der Waals surface area contributed by atoms with Crippen molar-refractivity contribution in [2.24, 2.45) is 0 Å². The van der Waals surface area contributed by atoms with E-state index in [1.807, 2.05) is 12.1 Å². The van der Waals surface area contributed by atoms with Crippen molar-refractivity contribution in [3.05, 3.63) is 42.0 Å². The number of fused-ring (bicyclic) bond motifs is 1. The van der Waals surface area contributed by atoms with E-state index in [0.717, 1.165) is 5.56 Å². The van der Waals surface area contributed by atoms with Crippen LogP contribution in [0.5, 0.6) is 23.0 Å². The van der Waals surface area contributed by atoms with E-state index in [0.29, 0.717) is 35.8 Å². The highest BCUT2D eigenvalue weighted by Gasteiger charge is 2.28. The van der Waals surface area contributed by atoms with Gasteiger partial charge in [-0.05, 0) is 36.6 Å². The summed E-state index contributed by atoms with van der Waals surface area (Å²) in [5.41, 5.74) is 1.46. The number of para-hydroxylation sites is 2. The average Bonchev–Trinajstić information content (AvgIpc) is 2.61. The van der Waals surface area contributed by atoms with Crippen LogP contribution < -0.4 is 19.5 Å². The molecule has 0 aromatic heterocycles. The molecule has 2 aromatic carbocycles. The molecule has 6 nitrogen and oxygen atoms in total. The number of amides is 1. The Hall–Kier alpha value is -2.89. The molecule has 0 fully saturated rings. The number of carbonyl (C=O) groups is 1. The fourth-order valence-corrected chi connectivity index (χ4v) is 2.71. The molecule has 1 aliphatic heterocycles. The van der Waals surface area contributed by atoms with Crippen LogP contribution in [-0.4, -0.2) is 31.3 Å². The van der Waals surface area contributed by atoms with Gasteiger partial charge in [-0.2, -0.15) is 0 Å². The lowest BCUT2D eigenvalue weighted by Gasteiger charge is -2.26. The van der Waals surface area contributed by atoms with E-state index in [2.05, 4.69) is 5.32 Å². The number of benzene rings is 2. The Morgan fingerprint density at radius 3 is 2.71 bits per heavy atom. The fraction of sp³-hybridized carbons (Fsp3) is 0.278. The normalized spacial score (nSPS) is 15.8. The van der Waals surface area contributed by atoms with Gasteiger partial charge in [-0.1, -0.05) is 12.1 Å². The second-order valence-electron chi connectivity index (χ2n) is 5.47. The van der Waals surface area contributed by atoms with E-state index in [1.54, 1.807) is 31.4 Å². The number of hydrogen-bond donors (Lipinski definition) is 2. The number of methoxy groups -OCH3 is 2. The van der Waals surface area contributed by atoms with Crippen LogP contribution in [0.4, 0.5) is 5.69 Å². The first kappa shape index (κ1) is 16.0. The Labute approximate surface area is 140 Å². The molecular weight excluding hydrogens is 310 g/mol.